The normalized spacial score (nSPS) is 15.2. The summed E-state index contributed by atoms with van der Waals surface area (Å²) in [6, 6.07) is 0. The number of cyclic esters (lactones) is 2. The van der Waals surface area contributed by atoms with Crippen LogP contribution < -0.4 is 0 Å². The van der Waals surface area contributed by atoms with Crippen molar-refractivity contribution in [3.8, 4) is 0 Å². The van der Waals surface area contributed by atoms with Crippen LogP contribution in [0.15, 0.2) is 12.2 Å². The van der Waals surface area contributed by atoms with E-state index in [9.17, 15) is 19.8 Å². The van der Waals surface area contributed by atoms with Crippen LogP contribution in [-0.2, 0) is 19.1 Å². The van der Waals surface area contributed by atoms with Crippen LogP contribution in [0.1, 0.15) is 360 Å². The van der Waals surface area contributed by atoms with Crippen molar-refractivity contribution >= 4 is 11.9 Å². The van der Waals surface area contributed by atoms with E-state index in [1.807, 2.05) is 0 Å². The average molecular weight is 1020 g/mol. The van der Waals surface area contributed by atoms with Crippen molar-refractivity contribution in [3.05, 3.63) is 12.2 Å². The van der Waals surface area contributed by atoms with Gasteiger partial charge < -0.3 is 19.7 Å². The molecule has 1 saturated heterocycles. The number of aliphatic hydroxyl groups is 2. The highest BCUT2D eigenvalue weighted by Gasteiger charge is 2.36. The first-order valence-corrected chi connectivity index (χ1v) is 32.8. The van der Waals surface area contributed by atoms with Gasteiger partial charge in [-0.2, -0.15) is 0 Å². The molecule has 1 heterocycles. The zero-order valence-corrected chi connectivity index (χ0v) is 48.5. The Kier molecular flexibility index (Phi) is 53.2. The fourth-order valence-corrected chi connectivity index (χ4v) is 10.9. The van der Waals surface area contributed by atoms with Gasteiger partial charge in [-0.25, -0.2) is 0 Å². The Balaban J connectivity index is 1.67. The number of hydrogen-bond acceptors (Lipinski definition) is 6. The van der Waals surface area contributed by atoms with E-state index in [1.165, 1.54) is 321 Å². The van der Waals surface area contributed by atoms with Crippen LogP contribution in [0.4, 0.5) is 0 Å². The summed E-state index contributed by atoms with van der Waals surface area (Å²) in [5.74, 6) is -1.40. The van der Waals surface area contributed by atoms with Crippen LogP contribution in [0.25, 0.3) is 0 Å². The number of unbranched alkanes of at least 4 members (excludes halogenated alkanes) is 51. The van der Waals surface area contributed by atoms with E-state index in [0.717, 1.165) is 19.3 Å². The Morgan fingerprint density at radius 2 is 0.597 bits per heavy atom. The second-order valence-electron chi connectivity index (χ2n) is 23.5. The molecule has 1 atom stereocenters. The molecular weight excluding hydrogens is 889 g/mol. The molecule has 1 fully saturated rings. The Bertz CT molecular complexity index is 1130. The molecule has 6 nitrogen and oxygen atoms in total. The van der Waals surface area contributed by atoms with Gasteiger partial charge in [-0.05, 0) is 32.1 Å². The minimum atomic E-state index is -1.12. The SMILES string of the molecule is CCCCCCCCCCCCCCCC/C=C/CCCCCCCCCCCCCCCCCCCCCCCCCCCCCCCCCCCCCCCC1CC(=O)OCC(CO)(CO)COC1=O. The van der Waals surface area contributed by atoms with Crippen LogP contribution in [-0.4, -0.2) is 48.6 Å². The molecule has 0 spiro atoms. The number of ether oxygens (including phenoxy) is 2. The Morgan fingerprint density at radius 3 is 0.861 bits per heavy atom. The molecule has 1 unspecified atom stereocenters. The van der Waals surface area contributed by atoms with Crippen molar-refractivity contribution in [2.75, 3.05) is 26.4 Å². The topological polar surface area (TPSA) is 93.1 Å². The van der Waals surface area contributed by atoms with Crippen molar-refractivity contribution in [1.82, 2.24) is 0 Å². The molecule has 0 radical (unpaired) electrons. The molecule has 2 N–H and O–H groups in total. The molecular formula is C66H126O6. The first-order chi connectivity index (χ1) is 35.6. The van der Waals surface area contributed by atoms with Crippen molar-refractivity contribution in [3.63, 3.8) is 0 Å². The van der Waals surface area contributed by atoms with Crippen molar-refractivity contribution in [2.24, 2.45) is 11.3 Å². The fraction of sp³-hybridized carbons (Fsp3) is 0.939. The van der Waals surface area contributed by atoms with E-state index in [2.05, 4.69) is 19.1 Å². The van der Waals surface area contributed by atoms with Gasteiger partial charge >= 0.3 is 11.9 Å². The third-order valence-electron chi connectivity index (χ3n) is 16.3. The number of esters is 2. The summed E-state index contributed by atoms with van der Waals surface area (Å²) in [6.45, 7) is 1.21. The summed E-state index contributed by atoms with van der Waals surface area (Å²) >= 11 is 0. The van der Waals surface area contributed by atoms with Gasteiger partial charge in [-0.1, -0.05) is 334 Å². The van der Waals surface area contributed by atoms with Crippen LogP contribution in [0.2, 0.25) is 0 Å². The maximum Gasteiger partial charge on any atom is 0.309 e. The largest absolute Gasteiger partial charge is 0.465 e. The van der Waals surface area contributed by atoms with Crippen LogP contribution in [0.5, 0.6) is 0 Å². The number of carbonyl (C=O) groups is 2. The lowest BCUT2D eigenvalue weighted by Gasteiger charge is -2.27. The minimum Gasteiger partial charge on any atom is -0.465 e. The molecule has 0 aromatic carbocycles. The molecule has 1 aliphatic heterocycles. The maximum absolute atomic E-state index is 12.5. The molecule has 72 heavy (non-hydrogen) atoms. The molecule has 6 heteroatoms. The van der Waals surface area contributed by atoms with Gasteiger partial charge in [0.05, 0.1) is 31.0 Å². The summed E-state index contributed by atoms with van der Waals surface area (Å²) in [7, 11) is 0. The molecule has 1 aliphatic rings. The predicted octanol–water partition coefficient (Wildman–Crippen LogP) is 20.7. The number of aliphatic hydroxyl groups excluding tert-OH is 2. The highest BCUT2D eigenvalue weighted by Crippen LogP contribution is 2.25. The zero-order valence-electron chi connectivity index (χ0n) is 48.5. The third kappa shape index (κ3) is 47.1. The molecule has 0 aromatic rings. The first kappa shape index (κ1) is 68.6. The quantitative estimate of drug-likeness (QED) is 0.0358. The Hall–Kier alpha value is -1.40. The Morgan fingerprint density at radius 1 is 0.361 bits per heavy atom. The summed E-state index contributed by atoms with van der Waals surface area (Å²) in [5.41, 5.74) is -1.12. The summed E-state index contributed by atoms with van der Waals surface area (Å²) in [6.07, 6.45) is 80.1. The van der Waals surface area contributed by atoms with Gasteiger partial charge in [-0.3, -0.25) is 9.59 Å². The lowest BCUT2D eigenvalue weighted by molar-refractivity contribution is -0.155. The average Bonchev–Trinajstić information content (AvgIpc) is 3.45. The molecule has 0 aliphatic carbocycles. The Labute approximate surface area is 449 Å². The van der Waals surface area contributed by atoms with E-state index in [4.69, 9.17) is 9.47 Å². The fourth-order valence-electron chi connectivity index (χ4n) is 10.9. The van der Waals surface area contributed by atoms with Gasteiger partial charge in [0, 0.05) is 0 Å². The van der Waals surface area contributed by atoms with Crippen LogP contribution in [0, 0.1) is 11.3 Å². The minimum absolute atomic E-state index is 0.00503. The van der Waals surface area contributed by atoms with Crippen molar-refractivity contribution < 1.29 is 29.3 Å². The van der Waals surface area contributed by atoms with Crippen molar-refractivity contribution in [2.45, 2.75) is 360 Å². The van der Waals surface area contributed by atoms with Gasteiger partial charge in [0.25, 0.3) is 0 Å². The summed E-state index contributed by atoms with van der Waals surface area (Å²) < 4.78 is 10.6. The monoisotopic (exact) mass is 1010 g/mol. The second-order valence-corrected chi connectivity index (χ2v) is 23.5. The maximum atomic E-state index is 12.5. The molecule has 0 saturated carbocycles. The zero-order chi connectivity index (χ0) is 51.8. The summed E-state index contributed by atoms with van der Waals surface area (Å²) in [5, 5.41) is 19.2. The van der Waals surface area contributed by atoms with E-state index in [1.54, 1.807) is 0 Å². The van der Waals surface area contributed by atoms with Gasteiger partial charge in [0.1, 0.15) is 13.2 Å². The number of rotatable bonds is 57. The second kappa shape index (κ2) is 55.8. The number of carbonyl (C=O) groups excluding carboxylic acids is 2. The highest BCUT2D eigenvalue weighted by molar-refractivity contribution is 5.80. The van der Waals surface area contributed by atoms with Gasteiger partial charge in [-0.15, -0.1) is 0 Å². The molecule has 1 rings (SSSR count). The standard InChI is InChI=1S/C66H126O6/c1-2-3-4-5-6-7-8-9-10-11-12-13-14-15-16-17-18-19-20-21-22-23-24-25-26-27-28-29-30-31-32-33-34-35-36-37-38-39-40-41-42-43-44-45-46-47-48-49-50-51-52-53-54-55-56-57-63-58-64(69)71-61-66(59-67,60-68)62-72-65(63)70/h17-18,63,67-68H,2-16,19-62H2,1H3/b18-17+. The van der Waals surface area contributed by atoms with E-state index < -0.39 is 36.5 Å². The summed E-state index contributed by atoms with van der Waals surface area (Å²) in [4.78, 5) is 24.7. The van der Waals surface area contributed by atoms with Gasteiger partial charge in [0.15, 0.2) is 0 Å². The van der Waals surface area contributed by atoms with E-state index >= 15 is 0 Å². The van der Waals surface area contributed by atoms with Crippen LogP contribution >= 0.6 is 0 Å². The molecule has 0 amide bonds. The molecule has 0 bridgehead atoms. The van der Waals surface area contributed by atoms with E-state index in [-0.39, 0.29) is 19.6 Å². The first-order valence-electron chi connectivity index (χ1n) is 32.8. The smallest absolute Gasteiger partial charge is 0.309 e. The predicted molar refractivity (Wildman–Crippen MR) is 311 cm³/mol. The molecule has 0 aromatic heterocycles. The lowest BCUT2D eigenvalue weighted by atomic mass is 9.92. The van der Waals surface area contributed by atoms with Gasteiger partial charge in [0.2, 0.25) is 0 Å². The van der Waals surface area contributed by atoms with E-state index in [0.29, 0.717) is 6.42 Å². The third-order valence-corrected chi connectivity index (χ3v) is 16.3. The number of allylic oxidation sites excluding steroid dienone is 2. The number of hydrogen-bond donors (Lipinski definition) is 2. The van der Waals surface area contributed by atoms with Crippen LogP contribution in [0.3, 0.4) is 0 Å². The molecule has 426 valence electrons. The highest BCUT2D eigenvalue weighted by atomic mass is 16.6. The lowest BCUT2D eigenvalue weighted by Crippen LogP contribution is -2.40. The van der Waals surface area contributed by atoms with Crippen molar-refractivity contribution in [1.29, 1.82) is 0 Å².